The smallest absolute Gasteiger partial charge is 0.251 e. The van der Waals surface area contributed by atoms with E-state index in [9.17, 15) is 4.79 Å². The van der Waals surface area contributed by atoms with Crippen molar-refractivity contribution in [1.29, 1.82) is 0 Å². The van der Waals surface area contributed by atoms with E-state index in [-0.39, 0.29) is 18.3 Å². The first-order valence-corrected chi connectivity index (χ1v) is 7.55. The molecule has 0 heterocycles. The van der Waals surface area contributed by atoms with Crippen molar-refractivity contribution < 1.29 is 9.53 Å². The predicted octanol–water partition coefficient (Wildman–Crippen LogP) is 3.03. The minimum atomic E-state index is -0.0805. The lowest BCUT2D eigenvalue weighted by Gasteiger charge is -2.09. The van der Waals surface area contributed by atoms with E-state index in [0.717, 1.165) is 18.7 Å². The van der Waals surface area contributed by atoms with Gasteiger partial charge < -0.3 is 15.4 Å². The van der Waals surface area contributed by atoms with Crippen LogP contribution in [0.3, 0.4) is 0 Å². The summed E-state index contributed by atoms with van der Waals surface area (Å²) in [4.78, 5) is 12.0. The van der Waals surface area contributed by atoms with Gasteiger partial charge in [-0.2, -0.15) is 0 Å². The summed E-state index contributed by atoms with van der Waals surface area (Å²) in [6, 6.07) is 17.2. The van der Waals surface area contributed by atoms with E-state index in [1.807, 2.05) is 49.4 Å². The molecular weight excluding hydrogens is 312 g/mol. The van der Waals surface area contributed by atoms with Crippen molar-refractivity contribution >= 4 is 18.3 Å². The zero-order valence-electron chi connectivity index (χ0n) is 13.2. The van der Waals surface area contributed by atoms with Gasteiger partial charge in [0.05, 0.1) is 0 Å². The van der Waals surface area contributed by atoms with Gasteiger partial charge in [0, 0.05) is 18.7 Å². The lowest BCUT2D eigenvalue weighted by Crippen LogP contribution is -2.31. The summed E-state index contributed by atoms with van der Waals surface area (Å²) in [5, 5.41) is 6.04. The summed E-state index contributed by atoms with van der Waals surface area (Å²) in [5.74, 6) is 0.617. The topological polar surface area (TPSA) is 50.4 Å². The SMILES string of the molecule is CCNCCNC(=O)c1cccc(OCc2ccccc2)c1.Cl. The Balaban J connectivity index is 0.00000264. The van der Waals surface area contributed by atoms with Crippen LogP contribution in [0, 0.1) is 0 Å². The molecular formula is C18H23ClN2O2. The van der Waals surface area contributed by atoms with Crippen molar-refractivity contribution in [3.05, 3.63) is 65.7 Å². The molecule has 0 saturated carbocycles. The van der Waals surface area contributed by atoms with E-state index in [4.69, 9.17) is 4.74 Å². The first-order valence-electron chi connectivity index (χ1n) is 7.55. The highest BCUT2D eigenvalue weighted by molar-refractivity contribution is 5.94. The Hall–Kier alpha value is -2.04. The Morgan fingerprint density at radius 1 is 1.04 bits per heavy atom. The molecule has 0 spiro atoms. The number of amides is 1. The third-order valence-electron chi connectivity index (χ3n) is 3.18. The summed E-state index contributed by atoms with van der Waals surface area (Å²) in [6.07, 6.45) is 0. The molecule has 0 aliphatic carbocycles. The van der Waals surface area contributed by atoms with Gasteiger partial charge in [-0.1, -0.05) is 43.3 Å². The molecule has 0 fully saturated rings. The molecule has 0 bridgehead atoms. The van der Waals surface area contributed by atoms with Crippen LogP contribution in [0.5, 0.6) is 5.75 Å². The average Bonchev–Trinajstić information content (AvgIpc) is 2.58. The van der Waals surface area contributed by atoms with Crippen LogP contribution in [0.25, 0.3) is 0 Å². The van der Waals surface area contributed by atoms with Crippen LogP contribution in [-0.2, 0) is 6.61 Å². The number of carbonyl (C=O) groups is 1. The predicted molar refractivity (Wildman–Crippen MR) is 95.3 cm³/mol. The molecule has 124 valence electrons. The molecule has 23 heavy (non-hydrogen) atoms. The fourth-order valence-electron chi connectivity index (χ4n) is 2.01. The van der Waals surface area contributed by atoms with Crippen molar-refractivity contribution in [2.75, 3.05) is 19.6 Å². The molecule has 0 unspecified atom stereocenters. The van der Waals surface area contributed by atoms with E-state index >= 15 is 0 Å². The average molecular weight is 335 g/mol. The third kappa shape index (κ3) is 6.72. The number of halogens is 1. The second kappa shape index (κ2) is 10.6. The zero-order chi connectivity index (χ0) is 15.6. The molecule has 0 aromatic heterocycles. The molecule has 0 aliphatic heterocycles. The van der Waals surface area contributed by atoms with E-state index in [2.05, 4.69) is 10.6 Å². The molecule has 2 rings (SSSR count). The second-order valence-corrected chi connectivity index (χ2v) is 4.91. The monoisotopic (exact) mass is 334 g/mol. The van der Waals surface area contributed by atoms with Gasteiger partial charge in [-0.05, 0) is 30.3 Å². The van der Waals surface area contributed by atoms with Crippen LogP contribution in [0.4, 0.5) is 0 Å². The van der Waals surface area contributed by atoms with E-state index in [1.54, 1.807) is 12.1 Å². The van der Waals surface area contributed by atoms with Gasteiger partial charge in [-0.3, -0.25) is 4.79 Å². The summed E-state index contributed by atoms with van der Waals surface area (Å²) >= 11 is 0. The van der Waals surface area contributed by atoms with Gasteiger partial charge in [-0.15, -0.1) is 12.4 Å². The van der Waals surface area contributed by atoms with E-state index in [0.29, 0.717) is 24.5 Å². The molecule has 0 atom stereocenters. The van der Waals surface area contributed by atoms with Crippen LogP contribution in [0.1, 0.15) is 22.8 Å². The summed E-state index contributed by atoms with van der Waals surface area (Å²) < 4.78 is 5.73. The van der Waals surface area contributed by atoms with Gasteiger partial charge in [0.25, 0.3) is 5.91 Å². The zero-order valence-corrected chi connectivity index (χ0v) is 14.1. The summed E-state index contributed by atoms with van der Waals surface area (Å²) in [5.41, 5.74) is 1.71. The maximum absolute atomic E-state index is 12.0. The number of nitrogens with one attached hydrogen (secondary N) is 2. The van der Waals surface area contributed by atoms with Crippen molar-refractivity contribution in [3.8, 4) is 5.75 Å². The van der Waals surface area contributed by atoms with Gasteiger partial charge in [0.1, 0.15) is 12.4 Å². The highest BCUT2D eigenvalue weighted by Gasteiger charge is 2.06. The number of hydrogen-bond acceptors (Lipinski definition) is 3. The van der Waals surface area contributed by atoms with Crippen LogP contribution < -0.4 is 15.4 Å². The van der Waals surface area contributed by atoms with Crippen LogP contribution in [0.2, 0.25) is 0 Å². The quantitative estimate of drug-likeness (QED) is 0.730. The van der Waals surface area contributed by atoms with Crippen molar-refractivity contribution in [2.24, 2.45) is 0 Å². The van der Waals surface area contributed by atoms with Gasteiger partial charge in [0.2, 0.25) is 0 Å². The van der Waals surface area contributed by atoms with Gasteiger partial charge in [0.15, 0.2) is 0 Å². The Morgan fingerprint density at radius 3 is 2.57 bits per heavy atom. The van der Waals surface area contributed by atoms with Gasteiger partial charge in [-0.25, -0.2) is 0 Å². The Bertz CT molecular complexity index is 591. The first-order chi connectivity index (χ1) is 10.8. The highest BCUT2D eigenvalue weighted by Crippen LogP contribution is 2.15. The molecule has 2 aromatic rings. The van der Waals surface area contributed by atoms with Crippen molar-refractivity contribution in [3.63, 3.8) is 0 Å². The molecule has 2 N–H and O–H groups in total. The normalized spacial score (nSPS) is 9.78. The number of carbonyl (C=O) groups excluding carboxylic acids is 1. The van der Waals surface area contributed by atoms with Gasteiger partial charge >= 0.3 is 0 Å². The second-order valence-electron chi connectivity index (χ2n) is 4.91. The maximum atomic E-state index is 12.0. The fraction of sp³-hybridized carbons (Fsp3) is 0.278. The van der Waals surface area contributed by atoms with E-state index < -0.39 is 0 Å². The first kappa shape index (κ1) is 19.0. The van der Waals surface area contributed by atoms with Crippen molar-refractivity contribution in [1.82, 2.24) is 10.6 Å². The molecule has 1 amide bonds. The molecule has 2 aromatic carbocycles. The third-order valence-corrected chi connectivity index (χ3v) is 3.18. The Morgan fingerprint density at radius 2 is 1.83 bits per heavy atom. The van der Waals surface area contributed by atoms with Crippen LogP contribution in [0.15, 0.2) is 54.6 Å². The molecule has 5 heteroatoms. The molecule has 4 nitrogen and oxygen atoms in total. The Kier molecular flexibility index (Phi) is 8.80. The number of likely N-dealkylation sites (N-methyl/N-ethyl adjacent to an activating group) is 1. The molecule has 0 saturated heterocycles. The summed E-state index contributed by atoms with van der Waals surface area (Å²) in [7, 11) is 0. The molecule has 0 radical (unpaired) electrons. The minimum Gasteiger partial charge on any atom is -0.489 e. The van der Waals surface area contributed by atoms with E-state index in [1.165, 1.54) is 0 Å². The number of benzene rings is 2. The van der Waals surface area contributed by atoms with Crippen LogP contribution >= 0.6 is 12.4 Å². The number of rotatable bonds is 8. The van der Waals surface area contributed by atoms with Crippen molar-refractivity contribution in [2.45, 2.75) is 13.5 Å². The number of ether oxygens (including phenoxy) is 1. The Labute approximate surface area is 143 Å². The maximum Gasteiger partial charge on any atom is 0.251 e. The standard InChI is InChI=1S/C18H22N2O2.ClH/c1-2-19-11-12-20-18(21)16-9-6-10-17(13-16)22-14-15-7-4-3-5-8-15;/h3-10,13,19H,2,11-12,14H2,1H3,(H,20,21);1H. The lowest BCUT2D eigenvalue weighted by atomic mass is 10.2. The lowest BCUT2D eigenvalue weighted by molar-refractivity contribution is 0.0953. The summed E-state index contributed by atoms with van der Waals surface area (Å²) in [6.45, 7) is 4.81. The molecule has 0 aliphatic rings. The minimum absolute atomic E-state index is 0. The van der Waals surface area contributed by atoms with Crippen LogP contribution in [-0.4, -0.2) is 25.5 Å². The largest absolute Gasteiger partial charge is 0.489 e. The fourth-order valence-corrected chi connectivity index (χ4v) is 2.01. The number of hydrogen-bond donors (Lipinski definition) is 2. The highest BCUT2D eigenvalue weighted by atomic mass is 35.5.